The minimum atomic E-state index is -0.336. The molecule has 1 aromatic carbocycles. The lowest BCUT2D eigenvalue weighted by molar-refractivity contribution is 0.162. The molecule has 1 aliphatic carbocycles. The first-order valence-corrected chi connectivity index (χ1v) is 10.4. The summed E-state index contributed by atoms with van der Waals surface area (Å²) < 4.78 is 0. The zero-order valence-electron chi connectivity index (χ0n) is 17.1. The summed E-state index contributed by atoms with van der Waals surface area (Å²) in [6.07, 6.45) is 6.52. The third-order valence-corrected chi connectivity index (χ3v) is 5.99. The fraction of sp³-hybridized carbons (Fsp3) is 0.542. The first kappa shape index (κ1) is 20.0. The molecule has 3 nitrogen and oxygen atoms in total. The fourth-order valence-corrected chi connectivity index (χ4v) is 4.26. The highest BCUT2D eigenvalue weighted by molar-refractivity contribution is 5.29. The number of benzene rings is 1. The summed E-state index contributed by atoms with van der Waals surface area (Å²) in [6.45, 7) is 6.70. The van der Waals surface area contributed by atoms with Gasteiger partial charge in [0.2, 0.25) is 0 Å². The Kier molecular flexibility index (Phi) is 7.03. The number of aliphatic hydroxyl groups is 1. The third kappa shape index (κ3) is 5.40. The van der Waals surface area contributed by atoms with E-state index in [4.69, 9.17) is 0 Å². The second-order valence-corrected chi connectivity index (χ2v) is 8.19. The molecule has 2 aromatic rings. The molecule has 1 N–H and O–H groups in total. The van der Waals surface area contributed by atoms with Gasteiger partial charge in [0, 0.05) is 5.69 Å². The summed E-state index contributed by atoms with van der Waals surface area (Å²) in [7, 11) is 2.22. The predicted molar refractivity (Wildman–Crippen MR) is 112 cm³/mol. The van der Waals surface area contributed by atoms with Crippen molar-refractivity contribution in [2.45, 2.75) is 64.4 Å². The standard InChI is InChI=1S/C13H19N.C11H15NO/c1-11-5-3-4-6-13(11)12-7-9-14(2)10-8-12;1-8-6-7-9-4-2-3-5-10(13)11(9)12-8/h3-6,12H,7-10H2,1-2H3;6-7,10,13H,2-5H2,1H3. The van der Waals surface area contributed by atoms with E-state index in [-0.39, 0.29) is 6.10 Å². The van der Waals surface area contributed by atoms with Crippen LogP contribution in [-0.4, -0.2) is 35.1 Å². The maximum atomic E-state index is 9.80. The first-order valence-electron chi connectivity index (χ1n) is 10.4. The fourth-order valence-electron chi connectivity index (χ4n) is 4.26. The molecule has 1 fully saturated rings. The van der Waals surface area contributed by atoms with Gasteiger partial charge in [-0.25, -0.2) is 0 Å². The van der Waals surface area contributed by atoms with Crippen LogP contribution in [0.25, 0.3) is 0 Å². The Labute approximate surface area is 164 Å². The number of pyridine rings is 1. The Morgan fingerprint density at radius 1 is 0.963 bits per heavy atom. The highest BCUT2D eigenvalue weighted by Crippen LogP contribution is 2.29. The number of nitrogens with zero attached hydrogens (tertiary/aromatic N) is 2. The number of rotatable bonds is 1. The van der Waals surface area contributed by atoms with Crippen LogP contribution in [0.2, 0.25) is 0 Å². The Hall–Kier alpha value is -1.71. The highest BCUT2D eigenvalue weighted by atomic mass is 16.3. The van der Waals surface area contributed by atoms with Crippen molar-refractivity contribution in [3.63, 3.8) is 0 Å². The number of aromatic nitrogens is 1. The molecule has 1 aliphatic heterocycles. The molecule has 4 rings (SSSR count). The van der Waals surface area contributed by atoms with Crippen LogP contribution >= 0.6 is 0 Å². The van der Waals surface area contributed by atoms with Crippen molar-refractivity contribution < 1.29 is 5.11 Å². The van der Waals surface area contributed by atoms with E-state index in [9.17, 15) is 5.11 Å². The van der Waals surface area contributed by atoms with E-state index in [1.807, 2.05) is 13.0 Å². The minimum absolute atomic E-state index is 0.336. The number of hydrogen-bond acceptors (Lipinski definition) is 3. The Bertz CT molecular complexity index is 735. The van der Waals surface area contributed by atoms with Gasteiger partial charge in [-0.2, -0.15) is 0 Å². The lowest BCUT2D eigenvalue weighted by Crippen LogP contribution is -2.29. The number of piperidine rings is 1. The first-order chi connectivity index (χ1) is 13.0. The molecule has 27 heavy (non-hydrogen) atoms. The van der Waals surface area contributed by atoms with Gasteiger partial charge in [0.05, 0.1) is 11.8 Å². The molecular weight excluding hydrogens is 332 g/mol. The number of fused-ring (bicyclic) bond motifs is 1. The average molecular weight is 367 g/mol. The van der Waals surface area contributed by atoms with Gasteiger partial charge in [0.15, 0.2) is 0 Å². The van der Waals surface area contributed by atoms with E-state index in [0.29, 0.717) is 0 Å². The monoisotopic (exact) mass is 366 g/mol. The molecule has 2 aliphatic rings. The van der Waals surface area contributed by atoms with Crippen LogP contribution in [0.1, 0.15) is 72.2 Å². The molecule has 0 bridgehead atoms. The van der Waals surface area contributed by atoms with Crippen LogP contribution in [0.5, 0.6) is 0 Å². The van der Waals surface area contributed by atoms with Crippen molar-refractivity contribution in [2.24, 2.45) is 0 Å². The molecule has 2 heterocycles. The largest absolute Gasteiger partial charge is 0.387 e. The number of hydrogen-bond donors (Lipinski definition) is 1. The van der Waals surface area contributed by atoms with Gasteiger partial charge in [-0.1, -0.05) is 36.8 Å². The highest BCUT2D eigenvalue weighted by Gasteiger charge is 2.19. The van der Waals surface area contributed by atoms with E-state index in [1.54, 1.807) is 5.56 Å². The molecule has 0 amide bonds. The maximum absolute atomic E-state index is 9.80. The van der Waals surface area contributed by atoms with Crippen LogP contribution in [0.3, 0.4) is 0 Å². The predicted octanol–water partition coefficient (Wildman–Crippen LogP) is 4.95. The van der Waals surface area contributed by atoms with Crippen molar-refractivity contribution in [3.8, 4) is 0 Å². The van der Waals surface area contributed by atoms with Gasteiger partial charge < -0.3 is 10.0 Å². The van der Waals surface area contributed by atoms with Gasteiger partial charge >= 0.3 is 0 Å². The molecule has 1 aromatic heterocycles. The molecule has 1 saturated heterocycles. The topological polar surface area (TPSA) is 36.4 Å². The summed E-state index contributed by atoms with van der Waals surface area (Å²) in [4.78, 5) is 6.83. The van der Waals surface area contributed by atoms with Gasteiger partial charge in [-0.05, 0) is 94.8 Å². The molecule has 3 heteroatoms. The summed E-state index contributed by atoms with van der Waals surface area (Å²) in [5.41, 5.74) is 6.18. The van der Waals surface area contributed by atoms with E-state index < -0.39 is 0 Å². The molecule has 0 saturated carbocycles. The second-order valence-electron chi connectivity index (χ2n) is 8.19. The van der Waals surface area contributed by atoms with Crippen LogP contribution in [-0.2, 0) is 6.42 Å². The van der Waals surface area contributed by atoms with E-state index in [1.165, 1.54) is 43.5 Å². The Balaban J connectivity index is 0.000000156. The van der Waals surface area contributed by atoms with Crippen molar-refractivity contribution in [3.05, 3.63) is 64.5 Å². The van der Waals surface area contributed by atoms with Crippen molar-refractivity contribution >= 4 is 0 Å². The van der Waals surface area contributed by atoms with Gasteiger partial charge in [-0.15, -0.1) is 0 Å². The van der Waals surface area contributed by atoms with E-state index in [0.717, 1.165) is 36.6 Å². The smallest absolute Gasteiger partial charge is 0.0962 e. The SMILES string of the molecule is Cc1ccc2c(n1)C(O)CCCC2.Cc1ccccc1C1CCN(C)CC1. The summed E-state index contributed by atoms with van der Waals surface area (Å²) >= 11 is 0. The molecule has 0 radical (unpaired) electrons. The summed E-state index contributed by atoms with van der Waals surface area (Å²) in [5.74, 6) is 0.799. The molecule has 1 unspecified atom stereocenters. The molecular formula is C24H34N2O. The van der Waals surface area contributed by atoms with Crippen LogP contribution in [0, 0.1) is 13.8 Å². The van der Waals surface area contributed by atoms with E-state index >= 15 is 0 Å². The lowest BCUT2D eigenvalue weighted by atomic mass is 9.87. The summed E-state index contributed by atoms with van der Waals surface area (Å²) in [6, 6.07) is 13.0. The van der Waals surface area contributed by atoms with Crippen LogP contribution < -0.4 is 0 Å². The molecule has 0 spiro atoms. The van der Waals surface area contributed by atoms with Gasteiger partial charge in [-0.3, -0.25) is 4.98 Å². The van der Waals surface area contributed by atoms with Crippen LogP contribution in [0.15, 0.2) is 36.4 Å². The van der Waals surface area contributed by atoms with Crippen molar-refractivity contribution in [1.82, 2.24) is 9.88 Å². The normalized spacial score (nSPS) is 21.0. The molecule has 146 valence electrons. The molecule has 1 atom stereocenters. The number of aliphatic hydroxyl groups excluding tert-OH is 1. The lowest BCUT2D eigenvalue weighted by Gasteiger charge is -2.30. The quantitative estimate of drug-likeness (QED) is 0.725. The second kappa shape index (κ2) is 9.48. The van der Waals surface area contributed by atoms with Crippen molar-refractivity contribution in [2.75, 3.05) is 20.1 Å². The Morgan fingerprint density at radius 2 is 1.70 bits per heavy atom. The number of likely N-dealkylation sites (tertiary alicyclic amines) is 1. The van der Waals surface area contributed by atoms with Crippen LogP contribution in [0.4, 0.5) is 0 Å². The zero-order valence-corrected chi connectivity index (χ0v) is 17.1. The van der Waals surface area contributed by atoms with Crippen molar-refractivity contribution in [1.29, 1.82) is 0 Å². The van der Waals surface area contributed by atoms with E-state index in [2.05, 4.69) is 54.2 Å². The van der Waals surface area contributed by atoms with Gasteiger partial charge in [0.25, 0.3) is 0 Å². The summed E-state index contributed by atoms with van der Waals surface area (Å²) in [5, 5.41) is 9.80. The maximum Gasteiger partial charge on any atom is 0.0962 e. The Morgan fingerprint density at radius 3 is 2.44 bits per heavy atom. The zero-order chi connectivity index (χ0) is 19.2. The third-order valence-electron chi connectivity index (χ3n) is 5.99. The minimum Gasteiger partial charge on any atom is -0.387 e. The van der Waals surface area contributed by atoms with Gasteiger partial charge in [0.1, 0.15) is 0 Å². The number of aryl methyl sites for hydroxylation is 3. The average Bonchev–Trinajstić information content (AvgIpc) is 2.85.